The summed E-state index contributed by atoms with van der Waals surface area (Å²) in [4.78, 5) is 4.13. The summed E-state index contributed by atoms with van der Waals surface area (Å²) in [6.45, 7) is 0. The van der Waals surface area contributed by atoms with Gasteiger partial charge in [0.15, 0.2) is 0 Å². The van der Waals surface area contributed by atoms with Gasteiger partial charge in [0.1, 0.15) is 0 Å². The summed E-state index contributed by atoms with van der Waals surface area (Å²) in [5.41, 5.74) is 1.30. The lowest BCUT2D eigenvalue weighted by atomic mass is 9.92. The maximum Gasteiger partial charge on any atom is 0.0543 e. The summed E-state index contributed by atoms with van der Waals surface area (Å²) in [5, 5.41) is 9.72. The van der Waals surface area contributed by atoms with Gasteiger partial charge in [0.2, 0.25) is 0 Å². The molecule has 1 fully saturated rings. The Morgan fingerprint density at radius 3 is 3.00 bits per heavy atom. The van der Waals surface area contributed by atoms with Crippen molar-refractivity contribution in [2.45, 2.75) is 44.6 Å². The number of pyridine rings is 1. The smallest absolute Gasteiger partial charge is 0.0543 e. The molecular weight excluding hydrogens is 186 g/mol. The molecule has 1 aliphatic rings. The molecule has 0 aromatic carbocycles. The molecule has 0 amide bonds. The van der Waals surface area contributed by atoms with Crippen LogP contribution in [0.4, 0.5) is 0 Å². The third-order valence-electron chi connectivity index (χ3n) is 3.25. The Kier molecular flexibility index (Phi) is 3.73. The molecule has 0 bridgehead atoms. The second kappa shape index (κ2) is 5.26. The van der Waals surface area contributed by atoms with Crippen LogP contribution in [0, 0.1) is 5.92 Å². The van der Waals surface area contributed by atoms with Crippen molar-refractivity contribution >= 4 is 0 Å². The lowest BCUT2D eigenvalue weighted by Crippen LogP contribution is -2.12. The molecule has 0 spiro atoms. The van der Waals surface area contributed by atoms with Gasteiger partial charge in [-0.3, -0.25) is 4.98 Å². The summed E-state index contributed by atoms with van der Waals surface area (Å²) in [6.07, 6.45) is 10.4. The average molecular weight is 205 g/mol. The molecule has 1 aromatic rings. The number of aliphatic hydroxyl groups is 1. The molecule has 2 rings (SSSR count). The summed E-state index contributed by atoms with van der Waals surface area (Å²) in [7, 11) is 0. The van der Waals surface area contributed by atoms with Crippen LogP contribution in [0.5, 0.6) is 0 Å². The van der Waals surface area contributed by atoms with E-state index in [1.54, 1.807) is 0 Å². The van der Waals surface area contributed by atoms with E-state index >= 15 is 0 Å². The highest BCUT2D eigenvalue weighted by Gasteiger charge is 2.18. The topological polar surface area (TPSA) is 33.1 Å². The Morgan fingerprint density at radius 1 is 1.33 bits per heavy atom. The van der Waals surface area contributed by atoms with Crippen molar-refractivity contribution in [2.75, 3.05) is 0 Å². The van der Waals surface area contributed by atoms with Gasteiger partial charge in [0, 0.05) is 12.4 Å². The van der Waals surface area contributed by atoms with Crippen molar-refractivity contribution in [3.8, 4) is 0 Å². The monoisotopic (exact) mass is 205 g/mol. The minimum atomic E-state index is -0.0748. The Hall–Kier alpha value is -0.890. The van der Waals surface area contributed by atoms with Crippen molar-refractivity contribution < 1.29 is 5.11 Å². The molecule has 0 aliphatic heterocycles. The number of aromatic nitrogens is 1. The highest BCUT2D eigenvalue weighted by atomic mass is 16.3. The predicted molar refractivity (Wildman–Crippen MR) is 60.5 cm³/mol. The zero-order valence-electron chi connectivity index (χ0n) is 9.10. The van der Waals surface area contributed by atoms with Gasteiger partial charge in [-0.15, -0.1) is 0 Å². The molecule has 1 aromatic heterocycles. The summed E-state index contributed by atoms with van der Waals surface area (Å²) < 4.78 is 0. The fraction of sp³-hybridized carbons (Fsp3) is 0.615. The van der Waals surface area contributed by atoms with Gasteiger partial charge in [-0.2, -0.15) is 0 Å². The summed E-state index contributed by atoms with van der Waals surface area (Å²) in [6, 6.07) is 4.12. The van der Waals surface area contributed by atoms with E-state index in [4.69, 9.17) is 0 Å². The van der Waals surface area contributed by atoms with Crippen molar-refractivity contribution in [2.24, 2.45) is 5.92 Å². The van der Waals surface area contributed by atoms with Crippen LogP contribution in [-0.2, 0) is 6.42 Å². The molecule has 1 aliphatic carbocycles. The van der Waals surface area contributed by atoms with Crippen LogP contribution in [0.3, 0.4) is 0 Å². The number of rotatable bonds is 2. The standard InChI is InChI=1S/C13H19NO/c15-13-6-2-1-4-11(9-13)8-12-5-3-7-14-10-12/h3,5,7,10-11,13,15H,1-2,4,6,8-9H2. The molecule has 15 heavy (non-hydrogen) atoms. The lowest BCUT2D eigenvalue weighted by molar-refractivity contribution is 0.141. The van der Waals surface area contributed by atoms with E-state index in [2.05, 4.69) is 11.1 Å². The molecule has 2 heteroatoms. The third-order valence-corrected chi connectivity index (χ3v) is 3.25. The maximum absolute atomic E-state index is 9.72. The highest BCUT2D eigenvalue weighted by Crippen LogP contribution is 2.26. The van der Waals surface area contributed by atoms with Crippen LogP contribution in [0.1, 0.15) is 37.7 Å². The molecule has 1 saturated carbocycles. The van der Waals surface area contributed by atoms with Gasteiger partial charge >= 0.3 is 0 Å². The first-order chi connectivity index (χ1) is 7.34. The van der Waals surface area contributed by atoms with Gasteiger partial charge in [0.05, 0.1) is 6.10 Å². The van der Waals surface area contributed by atoms with Crippen molar-refractivity contribution in [1.29, 1.82) is 0 Å². The molecule has 2 unspecified atom stereocenters. The quantitative estimate of drug-likeness (QED) is 0.753. The number of hydrogen-bond acceptors (Lipinski definition) is 2. The Balaban J connectivity index is 1.93. The van der Waals surface area contributed by atoms with E-state index in [9.17, 15) is 5.11 Å². The first kappa shape index (κ1) is 10.6. The van der Waals surface area contributed by atoms with E-state index in [-0.39, 0.29) is 6.10 Å². The van der Waals surface area contributed by atoms with E-state index in [0.717, 1.165) is 19.3 Å². The first-order valence-electron chi connectivity index (χ1n) is 5.91. The SMILES string of the molecule is OC1CCCCC(Cc2cccnc2)C1. The van der Waals surface area contributed by atoms with Crippen LogP contribution >= 0.6 is 0 Å². The number of nitrogens with zero attached hydrogens (tertiary/aromatic N) is 1. The Bertz CT molecular complexity index is 286. The fourth-order valence-electron chi connectivity index (χ4n) is 2.47. The molecule has 0 radical (unpaired) electrons. The van der Waals surface area contributed by atoms with Crippen LogP contribution < -0.4 is 0 Å². The summed E-state index contributed by atoms with van der Waals surface area (Å²) in [5.74, 6) is 0.645. The summed E-state index contributed by atoms with van der Waals surface area (Å²) >= 11 is 0. The largest absolute Gasteiger partial charge is 0.393 e. The van der Waals surface area contributed by atoms with E-state index in [1.165, 1.54) is 24.8 Å². The van der Waals surface area contributed by atoms with Crippen molar-refractivity contribution in [3.05, 3.63) is 30.1 Å². The van der Waals surface area contributed by atoms with E-state index < -0.39 is 0 Å². The second-order valence-electron chi connectivity index (χ2n) is 4.61. The zero-order chi connectivity index (χ0) is 10.5. The molecule has 1 heterocycles. The normalized spacial score (nSPS) is 27.3. The lowest BCUT2D eigenvalue weighted by Gasteiger charge is -2.15. The van der Waals surface area contributed by atoms with Gasteiger partial charge < -0.3 is 5.11 Å². The van der Waals surface area contributed by atoms with E-state index in [1.807, 2.05) is 18.5 Å². The first-order valence-corrected chi connectivity index (χ1v) is 5.91. The van der Waals surface area contributed by atoms with Crippen LogP contribution in [-0.4, -0.2) is 16.2 Å². The molecule has 82 valence electrons. The maximum atomic E-state index is 9.72. The van der Waals surface area contributed by atoms with Crippen molar-refractivity contribution in [1.82, 2.24) is 4.98 Å². The molecular formula is C13H19NO. The third kappa shape index (κ3) is 3.31. The van der Waals surface area contributed by atoms with Gasteiger partial charge in [-0.25, -0.2) is 0 Å². The molecule has 1 N–H and O–H groups in total. The number of aliphatic hydroxyl groups excluding tert-OH is 1. The van der Waals surface area contributed by atoms with Gasteiger partial charge in [0.25, 0.3) is 0 Å². The molecule has 2 nitrogen and oxygen atoms in total. The van der Waals surface area contributed by atoms with Crippen LogP contribution in [0.25, 0.3) is 0 Å². The Labute approximate surface area is 91.4 Å². The Morgan fingerprint density at radius 2 is 2.20 bits per heavy atom. The highest BCUT2D eigenvalue weighted by molar-refractivity contribution is 5.09. The minimum absolute atomic E-state index is 0.0748. The van der Waals surface area contributed by atoms with Gasteiger partial charge in [-0.05, 0) is 36.8 Å². The minimum Gasteiger partial charge on any atom is -0.393 e. The number of hydrogen-bond donors (Lipinski definition) is 1. The van der Waals surface area contributed by atoms with Crippen LogP contribution in [0.15, 0.2) is 24.5 Å². The van der Waals surface area contributed by atoms with Crippen molar-refractivity contribution in [3.63, 3.8) is 0 Å². The molecule has 2 atom stereocenters. The molecule has 0 saturated heterocycles. The fourth-order valence-corrected chi connectivity index (χ4v) is 2.47. The second-order valence-corrected chi connectivity index (χ2v) is 4.61. The average Bonchev–Trinajstić information content (AvgIpc) is 2.44. The zero-order valence-corrected chi connectivity index (χ0v) is 9.10. The van der Waals surface area contributed by atoms with Crippen LogP contribution in [0.2, 0.25) is 0 Å². The van der Waals surface area contributed by atoms with Gasteiger partial charge in [-0.1, -0.05) is 25.3 Å². The predicted octanol–water partition coefficient (Wildman–Crippen LogP) is 2.57. The van der Waals surface area contributed by atoms with E-state index in [0.29, 0.717) is 5.92 Å².